The lowest BCUT2D eigenvalue weighted by atomic mass is 9.81. The van der Waals surface area contributed by atoms with Gasteiger partial charge in [0.2, 0.25) is 0 Å². The second kappa shape index (κ2) is 11.5. The van der Waals surface area contributed by atoms with E-state index in [1.165, 1.54) is 0 Å². The van der Waals surface area contributed by atoms with Crippen molar-refractivity contribution < 1.29 is 19.1 Å². The Morgan fingerprint density at radius 3 is 2.00 bits per heavy atom. The van der Waals surface area contributed by atoms with Crippen molar-refractivity contribution in [3.63, 3.8) is 0 Å². The van der Waals surface area contributed by atoms with Crippen molar-refractivity contribution in [3.05, 3.63) is 0 Å². The molecule has 0 spiro atoms. The molecule has 0 heterocycles. The second-order valence-corrected chi connectivity index (χ2v) is 7.62. The standard InChI is InChI=1S/C19H36O4/c1-7-8-9-10-11-19(6,18(21)23-14-16(4)5)12-17(20)22-13-15(2)3/h15-16H,7-14H2,1-6H3. The van der Waals surface area contributed by atoms with Gasteiger partial charge in [-0.1, -0.05) is 60.3 Å². The lowest BCUT2D eigenvalue weighted by molar-refractivity contribution is -0.163. The van der Waals surface area contributed by atoms with Crippen LogP contribution < -0.4 is 0 Å². The molecular formula is C19H36O4. The molecular weight excluding hydrogens is 292 g/mol. The van der Waals surface area contributed by atoms with Gasteiger partial charge in [-0.05, 0) is 25.2 Å². The lowest BCUT2D eigenvalue weighted by Crippen LogP contribution is -2.34. The number of rotatable bonds is 12. The van der Waals surface area contributed by atoms with E-state index >= 15 is 0 Å². The predicted molar refractivity (Wildman–Crippen MR) is 93.1 cm³/mol. The molecule has 0 aliphatic rings. The molecule has 0 saturated carbocycles. The van der Waals surface area contributed by atoms with Gasteiger partial charge in [-0.15, -0.1) is 0 Å². The van der Waals surface area contributed by atoms with E-state index in [1.807, 2.05) is 34.6 Å². The Morgan fingerprint density at radius 2 is 1.48 bits per heavy atom. The van der Waals surface area contributed by atoms with E-state index in [2.05, 4.69) is 6.92 Å². The van der Waals surface area contributed by atoms with Crippen molar-refractivity contribution in [1.29, 1.82) is 0 Å². The Kier molecular flexibility index (Phi) is 10.9. The number of esters is 2. The number of unbranched alkanes of at least 4 members (excludes halogenated alkanes) is 3. The summed E-state index contributed by atoms with van der Waals surface area (Å²) in [5.74, 6) is 0.00113. The van der Waals surface area contributed by atoms with E-state index in [-0.39, 0.29) is 24.3 Å². The maximum absolute atomic E-state index is 12.5. The monoisotopic (exact) mass is 328 g/mol. The SMILES string of the molecule is CCCCCCC(C)(CC(=O)OCC(C)C)C(=O)OCC(C)C. The Labute approximate surface area is 142 Å². The molecule has 0 saturated heterocycles. The fourth-order valence-electron chi connectivity index (χ4n) is 2.25. The van der Waals surface area contributed by atoms with Crippen LogP contribution in [0.4, 0.5) is 0 Å². The molecule has 0 aromatic rings. The number of ether oxygens (including phenoxy) is 2. The number of carbonyl (C=O) groups excluding carboxylic acids is 2. The first-order chi connectivity index (χ1) is 10.7. The number of carbonyl (C=O) groups is 2. The average Bonchev–Trinajstić information content (AvgIpc) is 2.47. The van der Waals surface area contributed by atoms with E-state index in [4.69, 9.17) is 9.47 Å². The molecule has 0 aliphatic carbocycles. The van der Waals surface area contributed by atoms with Gasteiger partial charge in [0, 0.05) is 0 Å². The van der Waals surface area contributed by atoms with Gasteiger partial charge < -0.3 is 9.47 Å². The highest BCUT2D eigenvalue weighted by atomic mass is 16.5. The highest BCUT2D eigenvalue weighted by Gasteiger charge is 2.37. The molecule has 1 atom stereocenters. The van der Waals surface area contributed by atoms with E-state index in [0.717, 1.165) is 25.7 Å². The van der Waals surface area contributed by atoms with Crippen LogP contribution in [0.25, 0.3) is 0 Å². The minimum Gasteiger partial charge on any atom is -0.465 e. The van der Waals surface area contributed by atoms with Gasteiger partial charge in [0.15, 0.2) is 0 Å². The van der Waals surface area contributed by atoms with Crippen molar-refractivity contribution in [1.82, 2.24) is 0 Å². The van der Waals surface area contributed by atoms with Gasteiger partial charge in [-0.3, -0.25) is 9.59 Å². The van der Waals surface area contributed by atoms with Crippen molar-refractivity contribution >= 4 is 11.9 Å². The van der Waals surface area contributed by atoms with Crippen LogP contribution in [0.3, 0.4) is 0 Å². The van der Waals surface area contributed by atoms with E-state index in [9.17, 15) is 9.59 Å². The summed E-state index contributed by atoms with van der Waals surface area (Å²) in [4.78, 5) is 24.5. The van der Waals surface area contributed by atoms with Crippen LogP contribution in [0.1, 0.15) is 80.1 Å². The summed E-state index contributed by atoms with van der Waals surface area (Å²) in [6.07, 6.45) is 5.06. The van der Waals surface area contributed by atoms with Crippen molar-refractivity contribution in [2.75, 3.05) is 13.2 Å². The summed E-state index contributed by atoms with van der Waals surface area (Å²) in [6, 6.07) is 0. The molecule has 4 heteroatoms. The Bertz CT molecular complexity index is 349. The third-order valence-corrected chi connectivity index (χ3v) is 3.73. The molecule has 0 radical (unpaired) electrons. The molecule has 0 fully saturated rings. The van der Waals surface area contributed by atoms with Crippen LogP contribution in [-0.4, -0.2) is 25.2 Å². The maximum atomic E-state index is 12.5. The van der Waals surface area contributed by atoms with Crippen molar-refractivity contribution in [2.24, 2.45) is 17.3 Å². The molecule has 0 amide bonds. The van der Waals surface area contributed by atoms with E-state index in [0.29, 0.717) is 25.6 Å². The van der Waals surface area contributed by atoms with Gasteiger partial charge in [-0.25, -0.2) is 0 Å². The van der Waals surface area contributed by atoms with Gasteiger partial charge in [0.1, 0.15) is 0 Å². The summed E-state index contributed by atoms with van der Waals surface area (Å²) in [5, 5.41) is 0. The van der Waals surface area contributed by atoms with Crippen LogP contribution in [0.15, 0.2) is 0 Å². The first-order valence-corrected chi connectivity index (χ1v) is 9.04. The minimum absolute atomic E-state index is 0.1000. The summed E-state index contributed by atoms with van der Waals surface area (Å²) in [6.45, 7) is 12.8. The van der Waals surface area contributed by atoms with Crippen LogP contribution >= 0.6 is 0 Å². The molecule has 0 aromatic heterocycles. The molecule has 0 aliphatic heterocycles. The first kappa shape index (κ1) is 21.9. The zero-order valence-electron chi connectivity index (χ0n) is 15.9. The average molecular weight is 328 g/mol. The number of hydrogen-bond acceptors (Lipinski definition) is 4. The summed E-state index contributed by atoms with van der Waals surface area (Å²) in [7, 11) is 0. The summed E-state index contributed by atoms with van der Waals surface area (Å²) >= 11 is 0. The van der Waals surface area contributed by atoms with Crippen LogP contribution in [0, 0.1) is 17.3 Å². The van der Waals surface area contributed by atoms with Crippen LogP contribution in [-0.2, 0) is 19.1 Å². The third kappa shape index (κ3) is 10.4. The first-order valence-electron chi connectivity index (χ1n) is 9.04. The fourth-order valence-corrected chi connectivity index (χ4v) is 2.25. The Morgan fingerprint density at radius 1 is 0.913 bits per heavy atom. The zero-order chi connectivity index (χ0) is 17.9. The molecule has 4 nitrogen and oxygen atoms in total. The second-order valence-electron chi connectivity index (χ2n) is 7.62. The zero-order valence-corrected chi connectivity index (χ0v) is 15.9. The topological polar surface area (TPSA) is 52.6 Å². The smallest absolute Gasteiger partial charge is 0.312 e. The molecule has 0 aromatic carbocycles. The van der Waals surface area contributed by atoms with Gasteiger partial charge in [0.05, 0.1) is 25.0 Å². The van der Waals surface area contributed by atoms with E-state index in [1.54, 1.807) is 0 Å². The minimum atomic E-state index is -0.781. The predicted octanol–water partition coefficient (Wildman–Crippen LogP) is 4.75. The molecule has 23 heavy (non-hydrogen) atoms. The fraction of sp³-hybridized carbons (Fsp3) is 0.895. The van der Waals surface area contributed by atoms with Gasteiger partial charge in [0.25, 0.3) is 0 Å². The van der Waals surface area contributed by atoms with Crippen LogP contribution in [0.5, 0.6) is 0 Å². The highest BCUT2D eigenvalue weighted by Crippen LogP contribution is 2.31. The quantitative estimate of drug-likeness (QED) is 0.383. The van der Waals surface area contributed by atoms with Gasteiger partial charge in [-0.2, -0.15) is 0 Å². The van der Waals surface area contributed by atoms with Crippen LogP contribution in [0.2, 0.25) is 0 Å². The molecule has 1 unspecified atom stereocenters. The normalized spacial score (nSPS) is 13.9. The van der Waals surface area contributed by atoms with Crippen molar-refractivity contribution in [2.45, 2.75) is 80.1 Å². The third-order valence-electron chi connectivity index (χ3n) is 3.73. The lowest BCUT2D eigenvalue weighted by Gasteiger charge is -2.27. The molecule has 136 valence electrons. The van der Waals surface area contributed by atoms with Crippen molar-refractivity contribution in [3.8, 4) is 0 Å². The maximum Gasteiger partial charge on any atom is 0.312 e. The summed E-state index contributed by atoms with van der Waals surface area (Å²) < 4.78 is 10.7. The molecule has 0 N–H and O–H groups in total. The summed E-state index contributed by atoms with van der Waals surface area (Å²) in [5.41, 5.74) is -0.781. The molecule has 0 rings (SSSR count). The highest BCUT2D eigenvalue weighted by molar-refractivity contribution is 5.83. The van der Waals surface area contributed by atoms with Gasteiger partial charge >= 0.3 is 11.9 Å². The number of hydrogen-bond donors (Lipinski definition) is 0. The molecule has 0 bridgehead atoms. The largest absolute Gasteiger partial charge is 0.465 e. The Balaban J connectivity index is 4.69. The van der Waals surface area contributed by atoms with E-state index < -0.39 is 5.41 Å². The Hall–Kier alpha value is -1.06.